The monoisotopic (exact) mass is 382 g/mol. The van der Waals surface area contributed by atoms with Gasteiger partial charge in [-0.2, -0.15) is 0 Å². The molecule has 3 nitrogen and oxygen atoms in total. The van der Waals surface area contributed by atoms with E-state index in [-0.39, 0.29) is 5.91 Å². The van der Waals surface area contributed by atoms with Gasteiger partial charge in [-0.3, -0.25) is 4.79 Å². The van der Waals surface area contributed by atoms with Gasteiger partial charge in [-0.15, -0.1) is 0 Å². The van der Waals surface area contributed by atoms with Crippen LogP contribution in [0.25, 0.3) is 0 Å². The molecule has 0 unspecified atom stereocenters. The smallest absolute Gasteiger partial charge is 0.256 e. The van der Waals surface area contributed by atoms with E-state index in [2.05, 4.69) is 37.2 Å². The van der Waals surface area contributed by atoms with E-state index >= 15 is 0 Å². The van der Waals surface area contributed by atoms with E-state index in [1.165, 1.54) is 0 Å². The molecule has 0 atom stereocenters. The molecule has 0 spiro atoms. The molecular weight excluding hydrogens is 372 g/mol. The molecule has 2 rings (SSSR count). The first-order valence-corrected chi connectivity index (χ1v) is 7.24. The summed E-state index contributed by atoms with van der Waals surface area (Å²) in [7, 11) is 0. The van der Waals surface area contributed by atoms with Crippen molar-refractivity contribution in [2.24, 2.45) is 5.73 Å². The average Bonchev–Trinajstić information content (AvgIpc) is 2.41. The number of hydrogen-bond acceptors (Lipinski definition) is 2. The third kappa shape index (κ3) is 3.65. The molecule has 0 aliphatic carbocycles. The number of nitrogens with two attached hydrogens (primary N) is 1. The van der Waals surface area contributed by atoms with E-state index in [1.54, 1.807) is 6.07 Å². The van der Waals surface area contributed by atoms with Gasteiger partial charge in [0.15, 0.2) is 0 Å². The first-order chi connectivity index (χ1) is 9.10. The van der Waals surface area contributed by atoms with Gasteiger partial charge in [0.05, 0.1) is 5.56 Å². The van der Waals surface area contributed by atoms with Gasteiger partial charge in [0.1, 0.15) is 0 Å². The molecule has 0 aliphatic rings. The standard InChI is InChI=1S/C14H12Br2N2O/c15-10-4-5-13(16)12(7-10)14(19)18-11-3-1-2-9(6-11)8-17/h1-7H,8,17H2,(H,18,19). The summed E-state index contributed by atoms with van der Waals surface area (Å²) in [5, 5.41) is 2.86. The zero-order valence-corrected chi connectivity index (χ0v) is 13.2. The molecule has 2 aromatic carbocycles. The molecule has 98 valence electrons. The zero-order valence-electron chi connectivity index (χ0n) is 9.99. The topological polar surface area (TPSA) is 55.1 Å². The lowest BCUT2D eigenvalue weighted by atomic mass is 10.2. The van der Waals surface area contributed by atoms with Crippen LogP contribution in [0.4, 0.5) is 5.69 Å². The molecule has 0 bridgehead atoms. The second-order valence-electron chi connectivity index (χ2n) is 3.98. The van der Waals surface area contributed by atoms with Crippen LogP contribution in [0, 0.1) is 0 Å². The summed E-state index contributed by atoms with van der Waals surface area (Å²) < 4.78 is 1.61. The number of hydrogen-bond donors (Lipinski definition) is 2. The second-order valence-corrected chi connectivity index (χ2v) is 5.75. The lowest BCUT2D eigenvalue weighted by Gasteiger charge is -2.08. The number of carbonyl (C=O) groups excluding carboxylic acids is 1. The van der Waals surface area contributed by atoms with Gasteiger partial charge in [-0.25, -0.2) is 0 Å². The highest BCUT2D eigenvalue weighted by molar-refractivity contribution is 9.11. The van der Waals surface area contributed by atoms with E-state index in [1.807, 2.05) is 36.4 Å². The summed E-state index contributed by atoms with van der Waals surface area (Å²) in [5.74, 6) is -0.164. The summed E-state index contributed by atoms with van der Waals surface area (Å²) in [5.41, 5.74) is 7.87. The lowest BCUT2D eigenvalue weighted by molar-refractivity contribution is 0.102. The minimum absolute atomic E-state index is 0.164. The predicted molar refractivity (Wildman–Crippen MR) is 84.1 cm³/mol. The maximum absolute atomic E-state index is 12.2. The Labute approximate surface area is 128 Å². The molecule has 3 N–H and O–H groups in total. The van der Waals surface area contributed by atoms with Crippen LogP contribution in [0.15, 0.2) is 51.4 Å². The molecule has 5 heteroatoms. The molecule has 2 aromatic rings. The van der Waals surface area contributed by atoms with Crippen molar-refractivity contribution < 1.29 is 4.79 Å². The number of amides is 1. The number of nitrogens with one attached hydrogen (secondary N) is 1. The third-order valence-electron chi connectivity index (χ3n) is 2.59. The maximum atomic E-state index is 12.2. The molecule has 19 heavy (non-hydrogen) atoms. The van der Waals surface area contributed by atoms with Crippen LogP contribution in [0.3, 0.4) is 0 Å². The van der Waals surface area contributed by atoms with Gasteiger partial charge in [-0.05, 0) is 51.8 Å². The first-order valence-electron chi connectivity index (χ1n) is 5.65. The highest BCUT2D eigenvalue weighted by atomic mass is 79.9. The first kappa shape index (κ1) is 14.2. The Morgan fingerprint density at radius 3 is 2.68 bits per heavy atom. The van der Waals surface area contributed by atoms with Gasteiger partial charge in [-0.1, -0.05) is 28.1 Å². The number of rotatable bonds is 3. The quantitative estimate of drug-likeness (QED) is 0.843. The third-order valence-corrected chi connectivity index (χ3v) is 3.78. The fourth-order valence-corrected chi connectivity index (χ4v) is 2.43. The highest BCUT2D eigenvalue weighted by Gasteiger charge is 2.10. The van der Waals surface area contributed by atoms with Crippen molar-refractivity contribution in [2.75, 3.05) is 5.32 Å². The molecule has 0 saturated heterocycles. The van der Waals surface area contributed by atoms with Crippen LogP contribution in [-0.2, 0) is 6.54 Å². The molecule has 0 radical (unpaired) electrons. The van der Waals surface area contributed by atoms with E-state index in [9.17, 15) is 4.79 Å². The van der Waals surface area contributed by atoms with Gasteiger partial charge in [0.25, 0.3) is 5.91 Å². The average molecular weight is 384 g/mol. The largest absolute Gasteiger partial charge is 0.326 e. The number of benzene rings is 2. The zero-order chi connectivity index (χ0) is 13.8. The second kappa shape index (κ2) is 6.32. The van der Waals surface area contributed by atoms with Crippen molar-refractivity contribution in [3.05, 3.63) is 62.5 Å². The molecule has 0 aliphatic heterocycles. The van der Waals surface area contributed by atoms with Crippen LogP contribution in [-0.4, -0.2) is 5.91 Å². The molecule has 0 heterocycles. The summed E-state index contributed by atoms with van der Waals surface area (Å²) >= 11 is 6.73. The summed E-state index contributed by atoms with van der Waals surface area (Å²) in [6, 6.07) is 13.0. The van der Waals surface area contributed by atoms with Crippen LogP contribution in [0.1, 0.15) is 15.9 Å². The van der Waals surface area contributed by atoms with E-state index < -0.39 is 0 Å². The molecule has 0 aromatic heterocycles. The fraction of sp³-hybridized carbons (Fsp3) is 0.0714. The minimum Gasteiger partial charge on any atom is -0.326 e. The molecule has 0 saturated carbocycles. The molecule has 0 fully saturated rings. The van der Waals surface area contributed by atoms with Crippen LogP contribution < -0.4 is 11.1 Å². The Bertz CT molecular complexity index is 614. The van der Waals surface area contributed by atoms with Gasteiger partial charge in [0, 0.05) is 21.2 Å². The Hall–Kier alpha value is -1.17. The van der Waals surface area contributed by atoms with Gasteiger partial charge in [0.2, 0.25) is 0 Å². The van der Waals surface area contributed by atoms with Crippen LogP contribution in [0.5, 0.6) is 0 Å². The Morgan fingerprint density at radius 1 is 1.16 bits per heavy atom. The van der Waals surface area contributed by atoms with E-state index in [0.29, 0.717) is 12.1 Å². The highest BCUT2D eigenvalue weighted by Crippen LogP contribution is 2.22. The summed E-state index contributed by atoms with van der Waals surface area (Å²) in [4.78, 5) is 12.2. The lowest BCUT2D eigenvalue weighted by Crippen LogP contribution is -2.13. The Morgan fingerprint density at radius 2 is 1.95 bits per heavy atom. The SMILES string of the molecule is NCc1cccc(NC(=O)c2cc(Br)ccc2Br)c1. The molecule has 1 amide bonds. The molecular formula is C14H12Br2N2O. The van der Waals surface area contributed by atoms with Crippen LogP contribution >= 0.6 is 31.9 Å². The van der Waals surface area contributed by atoms with Gasteiger partial charge < -0.3 is 11.1 Å². The van der Waals surface area contributed by atoms with Crippen molar-refractivity contribution in [1.82, 2.24) is 0 Å². The van der Waals surface area contributed by atoms with E-state index in [4.69, 9.17) is 5.73 Å². The normalized spacial score (nSPS) is 10.3. The number of anilines is 1. The van der Waals surface area contributed by atoms with Crippen molar-refractivity contribution >= 4 is 43.5 Å². The van der Waals surface area contributed by atoms with Crippen molar-refractivity contribution in [2.45, 2.75) is 6.54 Å². The van der Waals surface area contributed by atoms with Gasteiger partial charge >= 0.3 is 0 Å². The number of halogens is 2. The van der Waals surface area contributed by atoms with Crippen molar-refractivity contribution in [3.63, 3.8) is 0 Å². The minimum atomic E-state index is -0.164. The summed E-state index contributed by atoms with van der Waals surface area (Å²) in [6.45, 7) is 0.449. The fourth-order valence-electron chi connectivity index (χ4n) is 1.65. The van der Waals surface area contributed by atoms with E-state index in [0.717, 1.165) is 20.2 Å². The Balaban J connectivity index is 2.23. The number of carbonyl (C=O) groups is 1. The Kier molecular flexibility index (Phi) is 4.74. The van der Waals surface area contributed by atoms with Crippen molar-refractivity contribution in [1.29, 1.82) is 0 Å². The van der Waals surface area contributed by atoms with Crippen molar-refractivity contribution in [3.8, 4) is 0 Å². The maximum Gasteiger partial charge on any atom is 0.256 e. The predicted octanol–water partition coefficient (Wildman–Crippen LogP) is 3.92. The van der Waals surface area contributed by atoms with Crippen LogP contribution in [0.2, 0.25) is 0 Å². The summed E-state index contributed by atoms with van der Waals surface area (Å²) in [6.07, 6.45) is 0.